The quantitative estimate of drug-likeness (QED) is 0.704. The molecule has 1 N–H and O–H groups in total. The van der Waals surface area contributed by atoms with Gasteiger partial charge < -0.3 is 0 Å². The van der Waals surface area contributed by atoms with Crippen molar-refractivity contribution >= 4 is 23.8 Å². The van der Waals surface area contributed by atoms with Gasteiger partial charge in [-0.25, -0.2) is 0 Å². The summed E-state index contributed by atoms with van der Waals surface area (Å²) in [6.07, 6.45) is 0. The number of nitrogens with one attached hydrogen (secondary N) is 1. The topological polar surface area (TPSA) is 33.6 Å². The van der Waals surface area contributed by atoms with E-state index in [0.29, 0.717) is 9.79 Å². The molecule has 0 saturated carbocycles. The van der Waals surface area contributed by atoms with Crippen LogP contribution in [0.5, 0.6) is 0 Å². The Morgan fingerprint density at radius 1 is 1.10 bits per heavy atom. The number of hydrogen-bond donors (Lipinski definition) is 1. The average molecular weight is 302 g/mol. The van der Waals surface area contributed by atoms with Gasteiger partial charge in [0.15, 0.2) is 10.6 Å². The second-order valence-corrected chi connectivity index (χ2v) is 5.30. The number of rotatable bonds is 2. The Hall–Kier alpha value is -1.91. The van der Waals surface area contributed by atoms with Crippen molar-refractivity contribution in [2.24, 2.45) is 0 Å². The van der Waals surface area contributed by atoms with Crippen molar-refractivity contribution in [3.8, 4) is 17.1 Å². The van der Waals surface area contributed by atoms with Crippen LogP contribution in [0, 0.1) is 11.7 Å². The van der Waals surface area contributed by atoms with E-state index >= 15 is 0 Å². The molecule has 0 atom stereocenters. The van der Waals surface area contributed by atoms with E-state index in [2.05, 4.69) is 17.1 Å². The minimum absolute atomic E-state index is 0.522. The van der Waals surface area contributed by atoms with E-state index in [9.17, 15) is 0 Å². The normalized spacial score (nSPS) is 10.7. The van der Waals surface area contributed by atoms with Gasteiger partial charge in [-0.15, -0.1) is 0 Å². The summed E-state index contributed by atoms with van der Waals surface area (Å²) in [4.78, 5) is 0. The number of benzene rings is 2. The first-order valence-corrected chi connectivity index (χ1v) is 6.95. The van der Waals surface area contributed by atoms with E-state index in [1.54, 1.807) is 0 Å². The van der Waals surface area contributed by atoms with E-state index < -0.39 is 0 Å². The summed E-state index contributed by atoms with van der Waals surface area (Å²) in [6.45, 7) is 2.05. The van der Waals surface area contributed by atoms with Crippen molar-refractivity contribution in [2.45, 2.75) is 6.92 Å². The van der Waals surface area contributed by atoms with Crippen LogP contribution in [0.2, 0.25) is 5.02 Å². The summed E-state index contributed by atoms with van der Waals surface area (Å²) in [5.74, 6) is 0.753. The molecule has 0 aliphatic rings. The number of hydrogen-bond acceptors (Lipinski definition) is 2. The van der Waals surface area contributed by atoms with Crippen molar-refractivity contribution < 1.29 is 0 Å². The molecule has 3 aromatic rings. The van der Waals surface area contributed by atoms with Gasteiger partial charge in [0.05, 0.1) is 10.7 Å². The molecule has 0 amide bonds. The predicted molar refractivity (Wildman–Crippen MR) is 83.9 cm³/mol. The highest BCUT2D eigenvalue weighted by Crippen LogP contribution is 2.26. The largest absolute Gasteiger partial charge is 0.267 e. The summed E-state index contributed by atoms with van der Waals surface area (Å²) >= 11 is 11.6. The number of halogens is 1. The molecule has 0 spiro atoms. The predicted octanol–water partition coefficient (Wildman–Crippen LogP) is 4.56. The fraction of sp³-hybridized carbons (Fsp3) is 0.0667. The van der Waals surface area contributed by atoms with Crippen molar-refractivity contribution in [2.75, 3.05) is 0 Å². The maximum absolute atomic E-state index is 6.26. The third-order valence-electron chi connectivity index (χ3n) is 3.08. The summed E-state index contributed by atoms with van der Waals surface area (Å²) in [6, 6.07) is 15.7. The fourth-order valence-corrected chi connectivity index (χ4v) is 2.50. The SMILES string of the molecule is Cc1ccc(-c2n[nH]c(=S)n2-c2ccccc2Cl)cc1. The standard InChI is InChI=1S/C15H12ClN3S/c1-10-6-8-11(9-7-10)14-17-18-15(20)19(14)13-5-3-2-4-12(13)16/h2-9H,1H3,(H,18,20). The second kappa shape index (κ2) is 5.23. The molecule has 5 heteroatoms. The highest BCUT2D eigenvalue weighted by molar-refractivity contribution is 7.71. The molecule has 0 saturated heterocycles. The number of para-hydroxylation sites is 1. The van der Waals surface area contributed by atoms with Crippen molar-refractivity contribution in [1.29, 1.82) is 0 Å². The first-order valence-electron chi connectivity index (χ1n) is 6.16. The Morgan fingerprint density at radius 2 is 1.80 bits per heavy atom. The van der Waals surface area contributed by atoms with Gasteiger partial charge in [-0.3, -0.25) is 9.67 Å². The first-order chi connectivity index (χ1) is 9.66. The molecular formula is C15H12ClN3S. The van der Waals surface area contributed by atoms with Crippen LogP contribution in [0.4, 0.5) is 0 Å². The van der Waals surface area contributed by atoms with Gasteiger partial charge in [-0.05, 0) is 31.3 Å². The highest BCUT2D eigenvalue weighted by atomic mass is 35.5. The third kappa shape index (κ3) is 2.28. The minimum Gasteiger partial charge on any atom is -0.267 e. The lowest BCUT2D eigenvalue weighted by atomic mass is 10.1. The van der Waals surface area contributed by atoms with Crippen LogP contribution >= 0.6 is 23.8 Å². The number of aryl methyl sites for hydroxylation is 1. The lowest BCUT2D eigenvalue weighted by molar-refractivity contribution is 1.04. The van der Waals surface area contributed by atoms with Crippen LogP contribution < -0.4 is 0 Å². The van der Waals surface area contributed by atoms with Gasteiger partial charge in [0.25, 0.3) is 0 Å². The molecule has 0 fully saturated rings. The van der Waals surface area contributed by atoms with Crippen LogP contribution in [0.25, 0.3) is 17.1 Å². The van der Waals surface area contributed by atoms with Gasteiger partial charge in [0, 0.05) is 5.56 Å². The van der Waals surface area contributed by atoms with E-state index in [-0.39, 0.29) is 0 Å². The van der Waals surface area contributed by atoms with E-state index in [0.717, 1.165) is 17.1 Å². The van der Waals surface area contributed by atoms with Gasteiger partial charge in [-0.2, -0.15) is 5.10 Å². The van der Waals surface area contributed by atoms with Crippen molar-refractivity contribution in [3.63, 3.8) is 0 Å². The molecular weight excluding hydrogens is 290 g/mol. The molecule has 1 heterocycles. The monoisotopic (exact) mass is 301 g/mol. The van der Waals surface area contributed by atoms with Gasteiger partial charge in [0.1, 0.15) is 0 Å². The summed E-state index contributed by atoms with van der Waals surface area (Å²) in [7, 11) is 0. The van der Waals surface area contributed by atoms with Crippen LogP contribution in [0.3, 0.4) is 0 Å². The van der Waals surface area contributed by atoms with Crippen molar-refractivity contribution in [3.05, 3.63) is 63.9 Å². The maximum Gasteiger partial charge on any atom is 0.200 e. The first kappa shape index (κ1) is 13.1. The van der Waals surface area contributed by atoms with Crippen LogP contribution in [-0.2, 0) is 0 Å². The summed E-state index contributed by atoms with van der Waals surface area (Å²) < 4.78 is 2.37. The van der Waals surface area contributed by atoms with Crippen LogP contribution in [-0.4, -0.2) is 14.8 Å². The van der Waals surface area contributed by atoms with Crippen LogP contribution in [0.1, 0.15) is 5.56 Å². The van der Waals surface area contributed by atoms with Gasteiger partial charge in [0.2, 0.25) is 0 Å². The molecule has 3 rings (SSSR count). The number of aromatic nitrogens is 3. The Kier molecular flexibility index (Phi) is 3.42. The van der Waals surface area contributed by atoms with Crippen molar-refractivity contribution in [1.82, 2.24) is 14.8 Å². The Bertz CT molecular complexity index is 802. The lowest BCUT2D eigenvalue weighted by Gasteiger charge is -2.08. The third-order valence-corrected chi connectivity index (χ3v) is 3.67. The second-order valence-electron chi connectivity index (χ2n) is 4.51. The summed E-state index contributed by atoms with van der Waals surface area (Å²) in [5.41, 5.74) is 3.01. The fourth-order valence-electron chi connectivity index (χ4n) is 2.05. The van der Waals surface area contributed by atoms with Crippen LogP contribution in [0.15, 0.2) is 48.5 Å². The zero-order valence-electron chi connectivity index (χ0n) is 10.8. The van der Waals surface area contributed by atoms with E-state index in [1.807, 2.05) is 53.1 Å². The molecule has 0 radical (unpaired) electrons. The van der Waals surface area contributed by atoms with Gasteiger partial charge in [-0.1, -0.05) is 53.6 Å². The van der Waals surface area contributed by atoms with E-state index in [4.69, 9.17) is 23.8 Å². The Morgan fingerprint density at radius 3 is 2.50 bits per heavy atom. The lowest BCUT2D eigenvalue weighted by Crippen LogP contribution is -1.98. The minimum atomic E-state index is 0.522. The van der Waals surface area contributed by atoms with E-state index in [1.165, 1.54) is 5.56 Å². The zero-order valence-corrected chi connectivity index (χ0v) is 12.4. The zero-order chi connectivity index (χ0) is 14.1. The molecule has 20 heavy (non-hydrogen) atoms. The molecule has 2 aromatic carbocycles. The number of H-pyrrole nitrogens is 1. The molecule has 0 bridgehead atoms. The number of nitrogens with zero attached hydrogens (tertiary/aromatic N) is 2. The molecule has 0 aliphatic heterocycles. The molecule has 3 nitrogen and oxygen atoms in total. The Balaban J connectivity index is 2.23. The average Bonchev–Trinajstić information content (AvgIpc) is 2.82. The molecule has 100 valence electrons. The highest BCUT2D eigenvalue weighted by Gasteiger charge is 2.12. The molecule has 0 unspecified atom stereocenters. The van der Waals surface area contributed by atoms with Gasteiger partial charge >= 0.3 is 0 Å². The Labute approximate surface area is 126 Å². The molecule has 1 aromatic heterocycles. The molecule has 0 aliphatic carbocycles. The smallest absolute Gasteiger partial charge is 0.200 e. The maximum atomic E-state index is 6.26. The number of aromatic amines is 1. The summed E-state index contributed by atoms with van der Waals surface area (Å²) in [5, 5.41) is 7.79.